The van der Waals surface area contributed by atoms with E-state index in [1.807, 2.05) is 40.9 Å². The second-order valence-electron chi connectivity index (χ2n) is 7.76. The van der Waals surface area contributed by atoms with Crippen molar-refractivity contribution < 1.29 is 9.53 Å². The van der Waals surface area contributed by atoms with Gasteiger partial charge in [0.15, 0.2) is 0 Å². The third-order valence-corrected chi connectivity index (χ3v) is 5.76. The lowest BCUT2D eigenvalue weighted by atomic mass is 9.96. The van der Waals surface area contributed by atoms with Crippen LogP contribution in [-0.2, 0) is 13.5 Å². The molecule has 28 heavy (non-hydrogen) atoms. The highest BCUT2D eigenvalue weighted by Crippen LogP contribution is 2.20. The van der Waals surface area contributed by atoms with Gasteiger partial charge in [-0.2, -0.15) is 0 Å². The van der Waals surface area contributed by atoms with Crippen LogP contribution in [0, 0.1) is 5.92 Å². The van der Waals surface area contributed by atoms with Crippen molar-refractivity contribution in [2.75, 3.05) is 39.8 Å². The van der Waals surface area contributed by atoms with Gasteiger partial charge in [-0.25, -0.2) is 0 Å². The molecule has 1 aromatic heterocycles. The van der Waals surface area contributed by atoms with Crippen LogP contribution >= 0.6 is 0 Å². The molecule has 152 valence electrons. The lowest BCUT2D eigenvalue weighted by Gasteiger charge is -2.35. The number of methoxy groups -OCH3 is 1. The van der Waals surface area contributed by atoms with Crippen LogP contribution in [0.5, 0.6) is 5.75 Å². The van der Waals surface area contributed by atoms with Crippen molar-refractivity contribution in [1.82, 2.24) is 14.4 Å². The van der Waals surface area contributed by atoms with Gasteiger partial charge in [0.05, 0.1) is 7.11 Å². The molecule has 0 N–H and O–H groups in total. The molecule has 1 aromatic carbocycles. The first-order valence-corrected chi connectivity index (χ1v) is 10.4. The smallest absolute Gasteiger partial charge is 0.270 e. The van der Waals surface area contributed by atoms with Gasteiger partial charge >= 0.3 is 0 Å². The number of amides is 1. The van der Waals surface area contributed by atoms with E-state index in [9.17, 15) is 4.79 Å². The quantitative estimate of drug-likeness (QED) is 0.701. The third kappa shape index (κ3) is 5.16. The van der Waals surface area contributed by atoms with Gasteiger partial charge in [-0.05, 0) is 68.5 Å². The number of benzene rings is 1. The summed E-state index contributed by atoms with van der Waals surface area (Å²) in [5, 5.41) is 0. The fourth-order valence-electron chi connectivity index (χ4n) is 4.13. The summed E-state index contributed by atoms with van der Waals surface area (Å²) in [4.78, 5) is 17.4. The van der Waals surface area contributed by atoms with Crippen molar-refractivity contribution in [3.63, 3.8) is 0 Å². The molecule has 1 amide bonds. The van der Waals surface area contributed by atoms with Crippen LogP contribution in [0.2, 0.25) is 0 Å². The molecule has 1 saturated heterocycles. The molecule has 1 aliphatic rings. The van der Waals surface area contributed by atoms with Crippen LogP contribution in [0.25, 0.3) is 0 Å². The van der Waals surface area contributed by atoms with Gasteiger partial charge in [-0.1, -0.05) is 12.1 Å². The molecular weight excluding hydrogens is 350 g/mol. The molecule has 3 rings (SSSR count). The number of carbonyl (C=O) groups excluding carboxylic acids is 1. The minimum absolute atomic E-state index is 0.142. The number of piperidine rings is 1. The fraction of sp³-hybridized carbons (Fsp3) is 0.522. The van der Waals surface area contributed by atoms with Crippen LogP contribution < -0.4 is 4.74 Å². The molecule has 0 spiro atoms. The zero-order valence-corrected chi connectivity index (χ0v) is 17.4. The van der Waals surface area contributed by atoms with E-state index in [0.717, 1.165) is 50.6 Å². The Morgan fingerprint density at radius 3 is 2.86 bits per heavy atom. The largest absolute Gasteiger partial charge is 0.497 e. The van der Waals surface area contributed by atoms with Gasteiger partial charge in [0, 0.05) is 39.4 Å². The van der Waals surface area contributed by atoms with Gasteiger partial charge in [-0.15, -0.1) is 0 Å². The molecule has 0 aliphatic carbocycles. The number of carbonyl (C=O) groups is 1. The van der Waals surface area contributed by atoms with Crippen molar-refractivity contribution >= 4 is 5.91 Å². The molecule has 2 aromatic rings. The Kier molecular flexibility index (Phi) is 7.15. The average molecular weight is 384 g/mol. The lowest BCUT2D eigenvalue weighted by Crippen LogP contribution is -2.43. The minimum Gasteiger partial charge on any atom is -0.497 e. The molecule has 0 radical (unpaired) electrons. The molecule has 5 heteroatoms. The predicted octanol–water partition coefficient (Wildman–Crippen LogP) is 3.45. The summed E-state index contributed by atoms with van der Waals surface area (Å²) in [7, 11) is 3.65. The molecule has 5 nitrogen and oxygen atoms in total. The maximum Gasteiger partial charge on any atom is 0.270 e. The second kappa shape index (κ2) is 9.78. The summed E-state index contributed by atoms with van der Waals surface area (Å²) in [6.07, 6.45) is 5.37. The summed E-state index contributed by atoms with van der Waals surface area (Å²) < 4.78 is 7.24. The molecule has 1 atom stereocenters. The Balaban J connectivity index is 1.53. The highest BCUT2D eigenvalue weighted by Gasteiger charge is 2.25. The maximum absolute atomic E-state index is 12.9. The van der Waals surface area contributed by atoms with Crippen molar-refractivity contribution in [3.8, 4) is 5.75 Å². The topological polar surface area (TPSA) is 37.7 Å². The third-order valence-electron chi connectivity index (χ3n) is 5.76. The Bertz CT molecular complexity index is 771. The van der Waals surface area contributed by atoms with E-state index < -0.39 is 0 Å². The summed E-state index contributed by atoms with van der Waals surface area (Å²) in [6.45, 7) is 6.95. The Morgan fingerprint density at radius 1 is 1.29 bits per heavy atom. The predicted molar refractivity (Wildman–Crippen MR) is 113 cm³/mol. The average Bonchev–Trinajstić information content (AvgIpc) is 3.16. The van der Waals surface area contributed by atoms with E-state index in [2.05, 4.69) is 30.0 Å². The van der Waals surface area contributed by atoms with Crippen LogP contribution in [0.15, 0.2) is 42.6 Å². The van der Waals surface area contributed by atoms with Gasteiger partial charge in [0.2, 0.25) is 0 Å². The molecule has 0 bridgehead atoms. The van der Waals surface area contributed by atoms with E-state index in [1.165, 1.54) is 18.4 Å². The summed E-state index contributed by atoms with van der Waals surface area (Å²) in [5.41, 5.74) is 2.09. The highest BCUT2D eigenvalue weighted by atomic mass is 16.5. The van der Waals surface area contributed by atoms with E-state index in [0.29, 0.717) is 5.92 Å². The first kappa shape index (κ1) is 20.5. The zero-order valence-electron chi connectivity index (χ0n) is 17.4. The number of aryl methyl sites for hydroxylation is 1. The number of ether oxygens (including phenoxy) is 1. The molecule has 0 unspecified atom stereocenters. The Morgan fingerprint density at radius 2 is 2.14 bits per heavy atom. The number of rotatable bonds is 8. The van der Waals surface area contributed by atoms with Crippen molar-refractivity contribution in [2.45, 2.75) is 26.2 Å². The van der Waals surface area contributed by atoms with Gasteiger partial charge in [-0.3, -0.25) is 4.79 Å². The lowest BCUT2D eigenvalue weighted by molar-refractivity contribution is 0.0681. The molecule has 1 aliphatic heterocycles. The second-order valence-corrected chi connectivity index (χ2v) is 7.76. The van der Waals surface area contributed by atoms with Gasteiger partial charge in [0.25, 0.3) is 5.91 Å². The summed E-state index contributed by atoms with van der Waals surface area (Å²) in [6, 6.07) is 12.2. The number of hydrogen-bond acceptors (Lipinski definition) is 3. The van der Waals surface area contributed by atoms with E-state index in [4.69, 9.17) is 4.74 Å². The fourth-order valence-corrected chi connectivity index (χ4v) is 4.13. The van der Waals surface area contributed by atoms with Crippen molar-refractivity contribution in [3.05, 3.63) is 53.9 Å². The Labute approximate surface area is 168 Å². The monoisotopic (exact) mass is 383 g/mol. The van der Waals surface area contributed by atoms with Crippen LogP contribution in [0.4, 0.5) is 0 Å². The zero-order chi connectivity index (χ0) is 19.9. The first-order chi connectivity index (χ1) is 13.6. The van der Waals surface area contributed by atoms with Crippen LogP contribution in [0.1, 0.15) is 35.8 Å². The summed E-state index contributed by atoms with van der Waals surface area (Å²) >= 11 is 0. The van der Waals surface area contributed by atoms with Crippen LogP contribution in [-0.4, -0.2) is 60.1 Å². The minimum atomic E-state index is 0.142. The maximum atomic E-state index is 12.9. The van der Waals surface area contributed by atoms with E-state index >= 15 is 0 Å². The molecular formula is C23H33N3O2. The molecule has 1 fully saturated rings. The van der Waals surface area contributed by atoms with E-state index in [1.54, 1.807) is 7.11 Å². The van der Waals surface area contributed by atoms with Gasteiger partial charge in [0.1, 0.15) is 11.4 Å². The molecule has 2 heterocycles. The number of nitrogens with zero attached hydrogens (tertiary/aromatic N) is 3. The summed E-state index contributed by atoms with van der Waals surface area (Å²) in [5.74, 6) is 1.61. The standard InChI is InChI=1S/C23H33N3O2/c1-4-26(23(27)22-11-7-13-24(22)2)18-20-9-6-14-25(17-20)15-12-19-8-5-10-21(16-19)28-3/h5,7-8,10-11,13,16,20H,4,6,9,12,14-15,17-18H2,1-3H3/t20-/m1/s1. The number of hydrogen-bond donors (Lipinski definition) is 0. The number of likely N-dealkylation sites (tertiary alicyclic amines) is 1. The van der Waals surface area contributed by atoms with Crippen molar-refractivity contribution in [1.29, 1.82) is 0 Å². The first-order valence-electron chi connectivity index (χ1n) is 10.4. The van der Waals surface area contributed by atoms with Gasteiger partial charge < -0.3 is 19.1 Å². The van der Waals surface area contributed by atoms with Crippen LogP contribution in [0.3, 0.4) is 0 Å². The molecule has 0 saturated carbocycles. The Hall–Kier alpha value is -2.27. The van der Waals surface area contributed by atoms with Crippen molar-refractivity contribution in [2.24, 2.45) is 13.0 Å². The highest BCUT2D eigenvalue weighted by molar-refractivity contribution is 5.92. The SMILES string of the molecule is CCN(C[C@@H]1CCCN(CCc2cccc(OC)c2)C1)C(=O)c1cccn1C. The number of aromatic nitrogens is 1. The van der Waals surface area contributed by atoms with E-state index in [-0.39, 0.29) is 5.91 Å². The normalized spacial score (nSPS) is 17.5.